The standard InChI is InChI=1S/C11H12N4O3S/c16-10(17)6-2-1-3-7-9(6)14-11(19-7)12-4-8-13-5-18-15-8/h5-6H,1-4H2,(H,12,14)(H,16,17). The zero-order valence-corrected chi connectivity index (χ0v) is 10.8. The van der Waals surface area contributed by atoms with Crippen LogP contribution in [-0.4, -0.2) is 26.2 Å². The van der Waals surface area contributed by atoms with Crippen molar-refractivity contribution in [3.63, 3.8) is 0 Å². The molecule has 2 aromatic rings. The SMILES string of the molecule is O=C(O)C1CCCc2sc(NCc3ncon3)nc21. The molecule has 1 unspecified atom stereocenters. The molecule has 0 fully saturated rings. The number of rotatable bonds is 4. The second-order valence-electron chi connectivity index (χ2n) is 4.31. The minimum absolute atomic E-state index is 0.417. The molecule has 1 atom stereocenters. The predicted octanol–water partition coefficient (Wildman–Crippen LogP) is 1.64. The summed E-state index contributed by atoms with van der Waals surface area (Å²) in [5.41, 5.74) is 0.708. The molecule has 19 heavy (non-hydrogen) atoms. The molecule has 0 spiro atoms. The van der Waals surface area contributed by atoms with Crippen molar-refractivity contribution in [2.45, 2.75) is 31.7 Å². The van der Waals surface area contributed by atoms with E-state index in [4.69, 9.17) is 0 Å². The summed E-state index contributed by atoms with van der Waals surface area (Å²) in [5.74, 6) is -0.723. The van der Waals surface area contributed by atoms with E-state index in [1.807, 2.05) is 0 Å². The van der Waals surface area contributed by atoms with Crippen molar-refractivity contribution in [2.75, 3.05) is 5.32 Å². The minimum atomic E-state index is -0.795. The van der Waals surface area contributed by atoms with E-state index in [-0.39, 0.29) is 0 Å². The van der Waals surface area contributed by atoms with Crippen molar-refractivity contribution in [1.29, 1.82) is 0 Å². The second-order valence-corrected chi connectivity index (χ2v) is 5.40. The van der Waals surface area contributed by atoms with Crippen LogP contribution in [0, 0.1) is 0 Å². The Bertz CT molecular complexity index is 581. The number of carboxylic acids is 1. The Morgan fingerprint density at radius 3 is 3.26 bits per heavy atom. The fourth-order valence-electron chi connectivity index (χ4n) is 2.16. The zero-order valence-electron chi connectivity index (χ0n) is 10.00. The number of thiazole rings is 1. The van der Waals surface area contributed by atoms with E-state index >= 15 is 0 Å². The van der Waals surface area contributed by atoms with Crippen molar-refractivity contribution in [2.24, 2.45) is 0 Å². The van der Waals surface area contributed by atoms with E-state index in [0.717, 1.165) is 17.7 Å². The molecule has 2 aromatic heterocycles. The number of hydrogen-bond donors (Lipinski definition) is 2. The molecule has 1 aliphatic rings. The smallest absolute Gasteiger partial charge is 0.312 e. The van der Waals surface area contributed by atoms with E-state index < -0.39 is 11.9 Å². The third-order valence-electron chi connectivity index (χ3n) is 3.06. The number of aryl methyl sites for hydroxylation is 1. The first-order chi connectivity index (χ1) is 9.24. The fourth-order valence-corrected chi connectivity index (χ4v) is 3.22. The second kappa shape index (κ2) is 4.96. The number of aromatic nitrogens is 3. The summed E-state index contributed by atoms with van der Waals surface area (Å²) in [7, 11) is 0. The number of nitrogens with zero attached hydrogens (tertiary/aromatic N) is 3. The molecule has 0 saturated heterocycles. The average molecular weight is 280 g/mol. The predicted molar refractivity (Wildman–Crippen MR) is 67.1 cm³/mol. The number of carboxylic acid groups (broad SMARTS) is 1. The molecule has 0 aliphatic heterocycles. The molecule has 100 valence electrons. The van der Waals surface area contributed by atoms with Crippen molar-refractivity contribution in [3.8, 4) is 0 Å². The van der Waals surface area contributed by atoms with Gasteiger partial charge in [0.05, 0.1) is 12.2 Å². The van der Waals surface area contributed by atoms with Gasteiger partial charge in [0.2, 0.25) is 6.39 Å². The number of fused-ring (bicyclic) bond motifs is 1. The molecule has 0 bridgehead atoms. The lowest BCUT2D eigenvalue weighted by Gasteiger charge is -2.16. The molecule has 7 nitrogen and oxygen atoms in total. The molecule has 0 saturated carbocycles. The highest BCUT2D eigenvalue weighted by Gasteiger charge is 2.29. The van der Waals surface area contributed by atoms with Crippen LogP contribution in [-0.2, 0) is 17.8 Å². The Labute approximate surface area is 112 Å². The first kappa shape index (κ1) is 12.1. The molecule has 0 amide bonds. The van der Waals surface area contributed by atoms with Gasteiger partial charge in [-0.25, -0.2) is 4.98 Å². The first-order valence-electron chi connectivity index (χ1n) is 5.95. The van der Waals surface area contributed by atoms with E-state index in [2.05, 4.69) is 25.0 Å². The maximum absolute atomic E-state index is 11.2. The molecular formula is C11H12N4O3S. The van der Waals surface area contributed by atoms with Gasteiger partial charge in [-0.1, -0.05) is 5.16 Å². The lowest BCUT2D eigenvalue weighted by atomic mass is 9.91. The molecule has 1 aliphatic carbocycles. The molecule has 2 heterocycles. The number of anilines is 1. The van der Waals surface area contributed by atoms with E-state index in [9.17, 15) is 9.90 Å². The molecule has 0 radical (unpaired) electrons. The number of carbonyl (C=O) groups is 1. The van der Waals surface area contributed by atoms with Crippen LogP contribution in [0.2, 0.25) is 0 Å². The lowest BCUT2D eigenvalue weighted by Crippen LogP contribution is -2.17. The summed E-state index contributed by atoms with van der Waals surface area (Å²) in [6, 6.07) is 0. The van der Waals surface area contributed by atoms with Gasteiger partial charge >= 0.3 is 5.97 Å². The van der Waals surface area contributed by atoms with Crippen LogP contribution < -0.4 is 5.32 Å². The Hall–Kier alpha value is -1.96. The number of nitrogens with one attached hydrogen (secondary N) is 1. The summed E-state index contributed by atoms with van der Waals surface area (Å²) < 4.78 is 4.64. The van der Waals surface area contributed by atoms with Crippen LogP contribution in [0.25, 0.3) is 0 Å². The van der Waals surface area contributed by atoms with Crippen molar-refractivity contribution in [3.05, 3.63) is 22.8 Å². The number of hydrogen-bond acceptors (Lipinski definition) is 7. The summed E-state index contributed by atoms with van der Waals surface area (Å²) in [5, 5.41) is 16.7. The molecule has 3 rings (SSSR count). The van der Waals surface area contributed by atoms with E-state index in [1.165, 1.54) is 17.7 Å². The highest BCUT2D eigenvalue weighted by molar-refractivity contribution is 7.15. The highest BCUT2D eigenvalue weighted by Crippen LogP contribution is 2.36. The van der Waals surface area contributed by atoms with Gasteiger partial charge in [-0.05, 0) is 19.3 Å². The summed E-state index contributed by atoms with van der Waals surface area (Å²) in [4.78, 5) is 20.5. The maximum atomic E-state index is 11.2. The topological polar surface area (TPSA) is 101 Å². The van der Waals surface area contributed by atoms with Crippen LogP contribution in [0.4, 0.5) is 5.13 Å². The Balaban J connectivity index is 1.76. The normalized spacial score (nSPS) is 18.0. The van der Waals surface area contributed by atoms with Gasteiger partial charge in [0.15, 0.2) is 11.0 Å². The van der Waals surface area contributed by atoms with Crippen LogP contribution in [0.1, 0.15) is 35.2 Å². The molecule has 0 aromatic carbocycles. The van der Waals surface area contributed by atoms with Gasteiger partial charge < -0.3 is 14.9 Å². The van der Waals surface area contributed by atoms with Crippen molar-refractivity contribution in [1.82, 2.24) is 15.1 Å². The Kier molecular flexibility index (Phi) is 3.16. The Morgan fingerprint density at radius 2 is 2.53 bits per heavy atom. The quantitative estimate of drug-likeness (QED) is 0.877. The van der Waals surface area contributed by atoms with Gasteiger partial charge in [0, 0.05) is 4.88 Å². The van der Waals surface area contributed by atoms with Crippen LogP contribution >= 0.6 is 11.3 Å². The van der Waals surface area contributed by atoms with Gasteiger partial charge in [-0.15, -0.1) is 11.3 Å². The maximum Gasteiger partial charge on any atom is 0.312 e. The average Bonchev–Trinajstić information content (AvgIpc) is 3.04. The van der Waals surface area contributed by atoms with Gasteiger partial charge in [-0.3, -0.25) is 4.79 Å². The van der Waals surface area contributed by atoms with Crippen LogP contribution in [0.3, 0.4) is 0 Å². The largest absolute Gasteiger partial charge is 0.481 e. The zero-order chi connectivity index (χ0) is 13.2. The summed E-state index contributed by atoms with van der Waals surface area (Å²) in [6.07, 6.45) is 3.73. The van der Waals surface area contributed by atoms with Gasteiger partial charge in [0.25, 0.3) is 0 Å². The molecule has 8 heteroatoms. The van der Waals surface area contributed by atoms with Gasteiger partial charge in [0.1, 0.15) is 5.92 Å². The first-order valence-corrected chi connectivity index (χ1v) is 6.77. The van der Waals surface area contributed by atoms with Crippen molar-refractivity contribution >= 4 is 22.4 Å². The molecule has 2 N–H and O–H groups in total. The third-order valence-corrected chi connectivity index (χ3v) is 4.15. The van der Waals surface area contributed by atoms with E-state index in [1.54, 1.807) is 0 Å². The summed E-state index contributed by atoms with van der Waals surface area (Å²) >= 11 is 1.51. The van der Waals surface area contributed by atoms with Crippen LogP contribution in [0.15, 0.2) is 10.9 Å². The highest BCUT2D eigenvalue weighted by atomic mass is 32.1. The lowest BCUT2D eigenvalue weighted by molar-refractivity contribution is -0.139. The fraction of sp³-hybridized carbons (Fsp3) is 0.455. The summed E-state index contributed by atoms with van der Waals surface area (Å²) in [6.45, 7) is 0.417. The van der Waals surface area contributed by atoms with Gasteiger partial charge in [-0.2, -0.15) is 4.98 Å². The third kappa shape index (κ3) is 2.43. The van der Waals surface area contributed by atoms with Crippen LogP contribution in [0.5, 0.6) is 0 Å². The minimum Gasteiger partial charge on any atom is -0.481 e. The van der Waals surface area contributed by atoms with E-state index in [0.29, 0.717) is 29.6 Å². The number of aliphatic carboxylic acids is 1. The molecular weight excluding hydrogens is 268 g/mol. The monoisotopic (exact) mass is 280 g/mol. The Morgan fingerprint density at radius 1 is 1.63 bits per heavy atom. The van der Waals surface area contributed by atoms with Crippen molar-refractivity contribution < 1.29 is 14.4 Å².